The molecule has 0 spiro atoms. The van der Waals surface area contributed by atoms with Crippen LogP contribution in [0.15, 0.2) is 127 Å². The summed E-state index contributed by atoms with van der Waals surface area (Å²) in [6.45, 7) is 1.83. The number of fused-ring (bicyclic) bond motifs is 3. The second kappa shape index (κ2) is 12.1. The molecule has 42 heavy (non-hydrogen) atoms. The maximum atomic E-state index is 13.3. The largest absolute Gasteiger partial charge is 0.449 e. The maximum Gasteiger partial charge on any atom is 0.407 e. The standard InChI is InChI=1S/C37H29ClNO3/c1-24(39-37(41)42-23-33-30-18-10-8-16-28(30)29-17-9-11-19-31(29)33)36(40)27-20-21-32(34(38)22-27)35(25-12-4-2-5-13-25)26-14-6-3-7-15-26/h2-22,24,33H,23H2,1H3,(H,39,41)/t24-/m1/s1. The van der Waals surface area contributed by atoms with E-state index in [-0.39, 0.29) is 18.3 Å². The number of alkyl carbamates (subject to hydrolysis) is 1. The van der Waals surface area contributed by atoms with Gasteiger partial charge in [0.25, 0.3) is 0 Å². The van der Waals surface area contributed by atoms with Gasteiger partial charge in [-0.1, -0.05) is 133 Å². The summed E-state index contributed by atoms with van der Waals surface area (Å²) in [6.07, 6.45) is -0.635. The van der Waals surface area contributed by atoms with Crippen LogP contribution in [0.3, 0.4) is 0 Å². The molecule has 1 atom stereocenters. The van der Waals surface area contributed by atoms with Crippen LogP contribution in [0.25, 0.3) is 11.1 Å². The topological polar surface area (TPSA) is 55.4 Å². The Bertz CT molecular complexity index is 1650. The van der Waals surface area contributed by atoms with Gasteiger partial charge in [-0.15, -0.1) is 0 Å². The minimum Gasteiger partial charge on any atom is -0.449 e. The first kappa shape index (κ1) is 27.5. The third-order valence-corrected chi connectivity index (χ3v) is 8.03. The van der Waals surface area contributed by atoms with Gasteiger partial charge in [-0.25, -0.2) is 4.79 Å². The fourth-order valence-electron chi connectivity index (χ4n) is 5.69. The van der Waals surface area contributed by atoms with Crippen LogP contribution < -0.4 is 5.32 Å². The third kappa shape index (κ3) is 5.46. The van der Waals surface area contributed by atoms with Crippen molar-refractivity contribution in [1.82, 2.24) is 5.32 Å². The number of carbonyl (C=O) groups excluding carboxylic acids is 2. The van der Waals surface area contributed by atoms with Gasteiger partial charge >= 0.3 is 6.09 Å². The van der Waals surface area contributed by atoms with Crippen molar-refractivity contribution in [2.24, 2.45) is 0 Å². The number of rotatable bonds is 8. The fourth-order valence-corrected chi connectivity index (χ4v) is 5.97. The number of nitrogens with one attached hydrogen (secondary N) is 1. The molecule has 0 saturated heterocycles. The van der Waals surface area contributed by atoms with Gasteiger partial charge in [0.05, 0.1) is 12.0 Å². The third-order valence-electron chi connectivity index (χ3n) is 7.72. The minimum atomic E-state index is -0.797. The summed E-state index contributed by atoms with van der Waals surface area (Å²) < 4.78 is 5.64. The average molecular weight is 571 g/mol. The summed E-state index contributed by atoms with van der Waals surface area (Å²) in [4.78, 5) is 26.1. The fraction of sp³-hybridized carbons (Fsp3) is 0.108. The lowest BCUT2D eigenvalue weighted by molar-refractivity contribution is 0.0929. The number of Topliss-reactive ketones (excluding diaryl/α,β-unsaturated/α-hetero) is 1. The van der Waals surface area contributed by atoms with Crippen LogP contribution in [0.5, 0.6) is 0 Å². The molecule has 1 radical (unpaired) electrons. The van der Waals surface area contributed by atoms with E-state index in [1.165, 1.54) is 0 Å². The molecule has 6 rings (SSSR count). The summed E-state index contributed by atoms with van der Waals surface area (Å²) in [7, 11) is 0. The Balaban J connectivity index is 1.14. The zero-order valence-electron chi connectivity index (χ0n) is 23.1. The minimum absolute atomic E-state index is 0.0554. The van der Waals surface area contributed by atoms with Crippen molar-refractivity contribution in [3.63, 3.8) is 0 Å². The number of hydrogen-bond acceptors (Lipinski definition) is 3. The van der Waals surface area contributed by atoms with E-state index in [1.807, 2.05) is 91.0 Å². The van der Waals surface area contributed by atoms with Gasteiger partial charge in [-0.05, 0) is 51.9 Å². The molecule has 5 aromatic rings. The monoisotopic (exact) mass is 570 g/mol. The summed E-state index contributed by atoms with van der Waals surface area (Å²) in [5.41, 5.74) is 7.86. The van der Waals surface area contributed by atoms with Gasteiger partial charge in [0.2, 0.25) is 0 Å². The molecule has 1 aliphatic carbocycles. The molecule has 4 nitrogen and oxygen atoms in total. The molecule has 0 saturated carbocycles. The van der Waals surface area contributed by atoms with E-state index in [0.717, 1.165) is 44.9 Å². The number of amides is 1. The molecule has 0 aromatic heterocycles. The molecule has 0 heterocycles. The number of benzene rings is 5. The zero-order chi connectivity index (χ0) is 29.1. The highest BCUT2D eigenvalue weighted by atomic mass is 35.5. The molecule has 0 fully saturated rings. The van der Waals surface area contributed by atoms with Crippen LogP contribution in [0.1, 0.15) is 51.0 Å². The van der Waals surface area contributed by atoms with Crippen LogP contribution in [0.4, 0.5) is 4.79 Å². The van der Waals surface area contributed by atoms with Crippen molar-refractivity contribution in [1.29, 1.82) is 0 Å². The van der Waals surface area contributed by atoms with Crippen molar-refractivity contribution in [2.75, 3.05) is 6.61 Å². The van der Waals surface area contributed by atoms with E-state index in [0.29, 0.717) is 10.6 Å². The predicted octanol–water partition coefficient (Wildman–Crippen LogP) is 8.47. The Morgan fingerprint density at radius 3 is 1.79 bits per heavy atom. The maximum absolute atomic E-state index is 13.3. The molecular formula is C37H29ClNO3. The normalized spacial score (nSPS) is 12.8. The van der Waals surface area contributed by atoms with E-state index in [9.17, 15) is 9.59 Å². The van der Waals surface area contributed by atoms with E-state index < -0.39 is 12.1 Å². The quantitative estimate of drug-likeness (QED) is 0.150. The van der Waals surface area contributed by atoms with Crippen molar-refractivity contribution >= 4 is 23.5 Å². The smallest absolute Gasteiger partial charge is 0.407 e. The van der Waals surface area contributed by atoms with Crippen LogP contribution in [0.2, 0.25) is 5.02 Å². The Labute approximate surface area is 250 Å². The molecule has 0 unspecified atom stereocenters. The summed E-state index contributed by atoms with van der Waals surface area (Å²) in [5, 5.41) is 3.16. The number of halogens is 1. The second-order valence-corrected chi connectivity index (χ2v) is 10.8. The van der Waals surface area contributed by atoms with Crippen LogP contribution in [-0.2, 0) is 4.74 Å². The molecule has 1 amide bonds. The van der Waals surface area contributed by atoms with Crippen LogP contribution >= 0.6 is 11.6 Å². The van der Waals surface area contributed by atoms with Crippen molar-refractivity contribution < 1.29 is 14.3 Å². The van der Waals surface area contributed by atoms with E-state index in [4.69, 9.17) is 16.3 Å². The van der Waals surface area contributed by atoms with Gasteiger partial charge in [0.15, 0.2) is 5.78 Å². The van der Waals surface area contributed by atoms with Gasteiger partial charge in [0.1, 0.15) is 6.61 Å². The lowest BCUT2D eigenvalue weighted by Crippen LogP contribution is -2.39. The highest BCUT2D eigenvalue weighted by Crippen LogP contribution is 2.44. The first-order valence-electron chi connectivity index (χ1n) is 13.9. The van der Waals surface area contributed by atoms with Gasteiger partial charge < -0.3 is 10.1 Å². The Morgan fingerprint density at radius 2 is 1.24 bits per heavy atom. The number of ether oxygens (including phenoxy) is 1. The van der Waals surface area contributed by atoms with E-state index in [1.54, 1.807) is 19.1 Å². The Kier molecular flexibility index (Phi) is 7.89. The van der Waals surface area contributed by atoms with Crippen LogP contribution in [0, 0.1) is 5.92 Å². The molecule has 1 aliphatic rings. The zero-order valence-corrected chi connectivity index (χ0v) is 23.8. The summed E-state index contributed by atoms with van der Waals surface area (Å²) in [6, 6.07) is 40.9. The molecular weight excluding hydrogens is 542 g/mol. The highest BCUT2D eigenvalue weighted by Gasteiger charge is 2.29. The molecule has 207 valence electrons. The second-order valence-electron chi connectivity index (χ2n) is 10.4. The van der Waals surface area contributed by atoms with Gasteiger partial charge in [-0.2, -0.15) is 0 Å². The molecule has 0 bridgehead atoms. The van der Waals surface area contributed by atoms with Gasteiger partial charge in [-0.3, -0.25) is 4.79 Å². The van der Waals surface area contributed by atoms with E-state index >= 15 is 0 Å². The average Bonchev–Trinajstić information content (AvgIpc) is 3.35. The van der Waals surface area contributed by atoms with Crippen LogP contribution in [-0.4, -0.2) is 24.5 Å². The summed E-state index contributed by atoms with van der Waals surface area (Å²) in [5.74, 6) is 0.670. The Morgan fingerprint density at radius 1 is 0.714 bits per heavy atom. The van der Waals surface area contributed by atoms with Gasteiger partial charge in [0, 0.05) is 16.5 Å². The van der Waals surface area contributed by atoms with E-state index in [2.05, 4.69) is 29.6 Å². The first-order valence-corrected chi connectivity index (χ1v) is 14.3. The molecule has 5 heteroatoms. The lowest BCUT2D eigenvalue weighted by atomic mass is 9.84. The van der Waals surface area contributed by atoms with Crippen molar-refractivity contribution in [3.05, 3.63) is 172 Å². The summed E-state index contributed by atoms with van der Waals surface area (Å²) >= 11 is 6.80. The first-order chi connectivity index (χ1) is 20.5. The van der Waals surface area contributed by atoms with Crippen molar-refractivity contribution in [3.8, 4) is 11.1 Å². The Hall–Kier alpha value is -4.67. The number of ketones is 1. The lowest BCUT2D eigenvalue weighted by Gasteiger charge is -2.20. The predicted molar refractivity (Wildman–Crippen MR) is 167 cm³/mol. The SMILES string of the molecule is C[C@@H](NC(=O)OCC1c2ccccc2-c2ccccc21)C(=O)c1ccc([C](c2ccccc2)c2ccccc2)c(Cl)c1. The number of hydrogen-bond donors (Lipinski definition) is 1. The highest BCUT2D eigenvalue weighted by molar-refractivity contribution is 6.32. The molecule has 0 aliphatic heterocycles. The number of carbonyl (C=O) groups is 2. The van der Waals surface area contributed by atoms with Crippen molar-refractivity contribution in [2.45, 2.75) is 18.9 Å². The molecule has 1 N–H and O–H groups in total. The molecule has 5 aromatic carbocycles.